The van der Waals surface area contributed by atoms with Gasteiger partial charge in [-0.3, -0.25) is 4.79 Å². The highest BCUT2D eigenvalue weighted by atomic mass is 19.1. The van der Waals surface area contributed by atoms with Crippen LogP contribution in [-0.2, 0) is 4.79 Å². The van der Waals surface area contributed by atoms with Gasteiger partial charge in [0.05, 0.1) is 14.2 Å². The number of halogens is 1. The Labute approximate surface area is 138 Å². The van der Waals surface area contributed by atoms with Gasteiger partial charge in [0.25, 0.3) is 5.91 Å². The van der Waals surface area contributed by atoms with E-state index in [9.17, 15) is 14.4 Å². The molecule has 1 N–H and O–H groups in total. The predicted octanol–water partition coefficient (Wildman–Crippen LogP) is 3.39. The van der Waals surface area contributed by atoms with Gasteiger partial charge in [-0.25, -0.2) is 4.39 Å². The first kappa shape index (κ1) is 17.0. The van der Waals surface area contributed by atoms with Crippen molar-refractivity contribution in [1.82, 2.24) is 0 Å². The number of benzene rings is 2. The summed E-state index contributed by atoms with van der Waals surface area (Å²) in [5, 5.41) is 11.8. The number of hydrogen-bond donors (Lipinski definition) is 1. The smallest absolute Gasteiger partial charge is 0.266 e. The Bertz CT molecular complexity index is 808. The molecule has 2 aromatic carbocycles. The average molecular weight is 326 g/mol. The van der Waals surface area contributed by atoms with E-state index in [-0.39, 0.29) is 5.57 Å². The maximum Gasteiger partial charge on any atom is 0.266 e. The van der Waals surface area contributed by atoms with Gasteiger partial charge in [0.1, 0.15) is 17.5 Å². The topological polar surface area (TPSA) is 71.3 Å². The first-order valence-corrected chi connectivity index (χ1v) is 6.98. The summed E-state index contributed by atoms with van der Waals surface area (Å²) < 4.78 is 23.2. The summed E-state index contributed by atoms with van der Waals surface area (Å²) in [7, 11) is 3.02. The van der Waals surface area contributed by atoms with Crippen LogP contribution in [0, 0.1) is 17.1 Å². The van der Waals surface area contributed by atoms with Crippen LogP contribution in [0.1, 0.15) is 5.56 Å². The Morgan fingerprint density at radius 1 is 1.12 bits per heavy atom. The van der Waals surface area contributed by atoms with Gasteiger partial charge in [0.2, 0.25) is 0 Å². The van der Waals surface area contributed by atoms with Gasteiger partial charge < -0.3 is 14.8 Å². The normalized spacial score (nSPS) is 10.7. The number of ether oxygens (including phenoxy) is 2. The molecule has 2 rings (SSSR count). The second-order valence-corrected chi connectivity index (χ2v) is 4.75. The second kappa shape index (κ2) is 7.79. The summed E-state index contributed by atoms with van der Waals surface area (Å²) in [5.74, 6) is 0.0414. The van der Waals surface area contributed by atoms with Crippen molar-refractivity contribution in [3.8, 4) is 17.6 Å². The second-order valence-electron chi connectivity index (χ2n) is 4.75. The molecule has 0 saturated heterocycles. The summed E-state index contributed by atoms with van der Waals surface area (Å²) >= 11 is 0. The Kier molecular flexibility index (Phi) is 5.53. The van der Waals surface area contributed by atoms with Crippen LogP contribution in [0.3, 0.4) is 0 Å². The third-order valence-electron chi connectivity index (χ3n) is 3.19. The molecule has 0 aliphatic heterocycles. The molecule has 5 nitrogen and oxygen atoms in total. The van der Waals surface area contributed by atoms with Gasteiger partial charge in [0, 0.05) is 5.69 Å². The lowest BCUT2D eigenvalue weighted by atomic mass is 10.1. The van der Waals surface area contributed by atoms with Crippen LogP contribution in [0.5, 0.6) is 11.5 Å². The van der Waals surface area contributed by atoms with Gasteiger partial charge in [0.15, 0.2) is 11.5 Å². The minimum Gasteiger partial charge on any atom is -0.493 e. The fraction of sp³-hybridized carbons (Fsp3) is 0.111. The fourth-order valence-electron chi connectivity index (χ4n) is 1.99. The van der Waals surface area contributed by atoms with E-state index < -0.39 is 11.7 Å². The van der Waals surface area contributed by atoms with Crippen LogP contribution in [0.25, 0.3) is 6.08 Å². The largest absolute Gasteiger partial charge is 0.493 e. The zero-order chi connectivity index (χ0) is 17.5. The molecule has 0 spiro atoms. The molecule has 1 amide bonds. The predicted molar refractivity (Wildman–Crippen MR) is 88.2 cm³/mol. The lowest BCUT2D eigenvalue weighted by molar-refractivity contribution is -0.112. The third-order valence-corrected chi connectivity index (χ3v) is 3.19. The van der Waals surface area contributed by atoms with Crippen molar-refractivity contribution in [1.29, 1.82) is 5.26 Å². The van der Waals surface area contributed by atoms with E-state index in [0.717, 1.165) is 0 Å². The number of nitrogens with one attached hydrogen (secondary N) is 1. The van der Waals surface area contributed by atoms with Crippen LogP contribution in [-0.4, -0.2) is 20.1 Å². The Morgan fingerprint density at radius 2 is 1.79 bits per heavy atom. The van der Waals surface area contributed by atoms with Gasteiger partial charge >= 0.3 is 0 Å². The molecule has 0 radical (unpaired) electrons. The summed E-state index contributed by atoms with van der Waals surface area (Å²) in [6.07, 6.45) is 1.43. The Hall–Kier alpha value is -3.33. The monoisotopic (exact) mass is 326 g/mol. The Morgan fingerprint density at radius 3 is 2.38 bits per heavy atom. The zero-order valence-electron chi connectivity index (χ0n) is 13.2. The van der Waals surface area contributed by atoms with Crippen molar-refractivity contribution in [2.45, 2.75) is 0 Å². The lowest BCUT2D eigenvalue weighted by Crippen LogP contribution is -2.13. The van der Waals surface area contributed by atoms with Gasteiger partial charge in [-0.15, -0.1) is 0 Å². The molecular weight excluding hydrogens is 311 g/mol. The summed E-state index contributed by atoms with van der Waals surface area (Å²) in [4.78, 5) is 12.2. The van der Waals surface area contributed by atoms with Crippen molar-refractivity contribution in [2.24, 2.45) is 0 Å². The summed E-state index contributed by atoms with van der Waals surface area (Å²) in [6.45, 7) is 0. The van der Waals surface area contributed by atoms with Gasteiger partial charge in [-0.2, -0.15) is 5.26 Å². The quantitative estimate of drug-likeness (QED) is 0.675. The molecule has 0 bridgehead atoms. The number of carbonyl (C=O) groups is 1. The number of anilines is 1. The number of hydrogen-bond acceptors (Lipinski definition) is 4. The van der Waals surface area contributed by atoms with Crippen LogP contribution in [0.4, 0.5) is 10.1 Å². The maximum absolute atomic E-state index is 12.9. The molecule has 0 atom stereocenters. The number of nitrogens with zero attached hydrogens (tertiary/aromatic N) is 1. The number of rotatable bonds is 5. The van der Waals surface area contributed by atoms with Crippen molar-refractivity contribution in [2.75, 3.05) is 19.5 Å². The van der Waals surface area contributed by atoms with Crippen LogP contribution >= 0.6 is 0 Å². The summed E-state index contributed by atoms with van der Waals surface area (Å²) in [5.41, 5.74) is 0.917. The highest BCUT2D eigenvalue weighted by Crippen LogP contribution is 2.28. The number of amides is 1. The maximum atomic E-state index is 12.9. The standard InChI is InChI=1S/C18H15FN2O3/c1-23-16-8-3-12(10-17(16)24-2)9-13(11-20)18(22)21-15-6-4-14(19)5-7-15/h3-10H,1-2H3,(H,21,22)/b13-9+. The minimum absolute atomic E-state index is 0.0912. The van der Waals surface area contributed by atoms with Gasteiger partial charge in [-0.05, 0) is 48.0 Å². The van der Waals surface area contributed by atoms with Crippen molar-refractivity contribution >= 4 is 17.7 Å². The zero-order valence-corrected chi connectivity index (χ0v) is 13.2. The lowest BCUT2D eigenvalue weighted by Gasteiger charge is -2.08. The molecule has 0 fully saturated rings. The number of carbonyl (C=O) groups excluding carboxylic acids is 1. The van der Waals surface area contributed by atoms with E-state index >= 15 is 0 Å². The number of methoxy groups -OCH3 is 2. The van der Waals surface area contributed by atoms with Crippen molar-refractivity contribution < 1.29 is 18.7 Å². The molecule has 0 aliphatic rings. The van der Waals surface area contributed by atoms with Crippen LogP contribution in [0.2, 0.25) is 0 Å². The molecule has 122 valence electrons. The highest BCUT2D eigenvalue weighted by molar-refractivity contribution is 6.09. The Balaban J connectivity index is 2.23. The fourth-order valence-corrected chi connectivity index (χ4v) is 1.99. The van der Waals surface area contributed by atoms with E-state index in [4.69, 9.17) is 9.47 Å². The molecule has 0 aromatic heterocycles. The van der Waals surface area contributed by atoms with E-state index in [1.807, 2.05) is 6.07 Å². The third kappa shape index (κ3) is 4.11. The SMILES string of the molecule is COc1ccc(/C=C(\C#N)C(=O)Nc2ccc(F)cc2)cc1OC. The molecule has 2 aromatic rings. The first-order chi connectivity index (χ1) is 11.6. The van der Waals surface area contributed by atoms with Crippen LogP contribution in [0.15, 0.2) is 48.0 Å². The van der Waals surface area contributed by atoms with Gasteiger partial charge in [-0.1, -0.05) is 6.07 Å². The molecule has 24 heavy (non-hydrogen) atoms. The highest BCUT2D eigenvalue weighted by Gasteiger charge is 2.11. The summed E-state index contributed by atoms with van der Waals surface area (Å²) in [6, 6.07) is 12.2. The van der Waals surface area contributed by atoms with E-state index in [2.05, 4.69) is 5.32 Å². The van der Waals surface area contributed by atoms with E-state index in [1.54, 1.807) is 18.2 Å². The molecule has 0 aliphatic carbocycles. The molecule has 0 saturated carbocycles. The average Bonchev–Trinajstić information content (AvgIpc) is 2.61. The number of nitriles is 1. The molecule has 0 heterocycles. The minimum atomic E-state index is -0.584. The molecule has 6 heteroatoms. The van der Waals surface area contributed by atoms with E-state index in [0.29, 0.717) is 22.7 Å². The van der Waals surface area contributed by atoms with Crippen molar-refractivity contribution in [3.63, 3.8) is 0 Å². The van der Waals surface area contributed by atoms with Crippen molar-refractivity contribution in [3.05, 3.63) is 59.4 Å². The first-order valence-electron chi connectivity index (χ1n) is 6.98. The van der Waals surface area contributed by atoms with E-state index in [1.165, 1.54) is 44.6 Å². The van der Waals surface area contributed by atoms with Crippen LogP contribution < -0.4 is 14.8 Å². The molecular formula is C18H15FN2O3. The molecule has 0 unspecified atom stereocenters.